The van der Waals surface area contributed by atoms with Crippen LogP contribution >= 0.6 is 11.3 Å². The molecule has 0 radical (unpaired) electrons. The lowest BCUT2D eigenvalue weighted by Crippen LogP contribution is -2.19. The monoisotopic (exact) mass is 295 g/mol. The van der Waals surface area contributed by atoms with E-state index in [-0.39, 0.29) is 5.56 Å². The predicted octanol–water partition coefficient (Wildman–Crippen LogP) is 2.47. The number of nitrogens with one attached hydrogen (secondary N) is 1. The lowest BCUT2D eigenvalue weighted by Gasteiger charge is -2.08. The van der Waals surface area contributed by atoms with Gasteiger partial charge in [-0.05, 0) is 24.3 Å². The standard InChI is InChI=1S/C17H13NO2S/c1-12-18-17(19)16(21-12)11-13-7-5-6-10-15(13)20-14-8-3-2-4-9-14/h2-11H,1H2,(H,18,19)/b16-11-. The van der Waals surface area contributed by atoms with Gasteiger partial charge in [0.2, 0.25) is 0 Å². The van der Waals surface area contributed by atoms with Gasteiger partial charge in [-0.25, -0.2) is 0 Å². The van der Waals surface area contributed by atoms with Crippen LogP contribution in [0.2, 0.25) is 0 Å². The van der Waals surface area contributed by atoms with Crippen LogP contribution in [0.3, 0.4) is 0 Å². The van der Waals surface area contributed by atoms with Crippen LogP contribution in [0.25, 0.3) is 12.7 Å². The molecule has 0 unspecified atom stereocenters. The molecular formula is C17H13NO2S. The minimum absolute atomic E-state index is 0.125. The Balaban J connectivity index is 2.05. The van der Waals surface area contributed by atoms with E-state index in [1.54, 1.807) is 0 Å². The van der Waals surface area contributed by atoms with Crippen molar-refractivity contribution in [2.24, 2.45) is 0 Å². The van der Waals surface area contributed by atoms with Crippen LogP contribution in [0.1, 0.15) is 5.56 Å². The Hall–Kier alpha value is -2.59. The summed E-state index contributed by atoms with van der Waals surface area (Å²) in [5, 5.41) is 0. The molecule has 0 spiro atoms. The Labute approximate surface area is 125 Å². The van der Waals surface area contributed by atoms with E-state index in [9.17, 15) is 4.79 Å². The summed E-state index contributed by atoms with van der Waals surface area (Å²) in [7, 11) is 0. The van der Waals surface area contributed by atoms with Crippen molar-refractivity contribution in [1.29, 1.82) is 0 Å². The molecule has 1 aromatic heterocycles. The average molecular weight is 295 g/mol. The number of ether oxygens (including phenoxy) is 1. The quantitative estimate of drug-likeness (QED) is 0.806. The summed E-state index contributed by atoms with van der Waals surface area (Å²) in [5.74, 6) is 1.47. The molecule has 3 nitrogen and oxygen atoms in total. The Morgan fingerprint density at radius 3 is 2.48 bits per heavy atom. The maximum atomic E-state index is 11.8. The number of thiazole rings is 1. The summed E-state index contributed by atoms with van der Waals surface area (Å²) >= 11 is 1.33. The number of aromatic nitrogens is 1. The van der Waals surface area contributed by atoms with Gasteiger partial charge in [0.25, 0.3) is 5.56 Å². The van der Waals surface area contributed by atoms with Gasteiger partial charge in [0.05, 0.1) is 9.20 Å². The highest BCUT2D eigenvalue weighted by Crippen LogP contribution is 2.25. The molecule has 1 N–H and O–H groups in total. The van der Waals surface area contributed by atoms with Gasteiger partial charge in [-0.3, -0.25) is 4.79 Å². The lowest BCUT2D eigenvalue weighted by atomic mass is 10.2. The fraction of sp³-hybridized carbons (Fsp3) is 0. The molecule has 0 aliphatic rings. The molecule has 3 aromatic rings. The molecule has 0 fully saturated rings. The normalized spacial score (nSPS) is 11.5. The van der Waals surface area contributed by atoms with E-state index in [4.69, 9.17) is 4.74 Å². The molecular weight excluding hydrogens is 282 g/mol. The fourth-order valence-electron chi connectivity index (χ4n) is 1.94. The van der Waals surface area contributed by atoms with Crippen LogP contribution in [0.4, 0.5) is 0 Å². The second kappa shape index (κ2) is 5.81. The molecule has 0 aliphatic heterocycles. The van der Waals surface area contributed by atoms with E-state index in [1.165, 1.54) is 11.3 Å². The fourth-order valence-corrected chi connectivity index (χ4v) is 2.68. The average Bonchev–Trinajstić information content (AvgIpc) is 2.80. The zero-order chi connectivity index (χ0) is 14.7. The van der Waals surface area contributed by atoms with E-state index < -0.39 is 0 Å². The van der Waals surface area contributed by atoms with Crippen LogP contribution in [0.5, 0.6) is 11.5 Å². The highest BCUT2D eigenvalue weighted by Gasteiger charge is 2.03. The van der Waals surface area contributed by atoms with Crippen molar-refractivity contribution < 1.29 is 4.74 Å². The van der Waals surface area contributed by atoms with Gasteiger partial charge >= 0.3 is 0 Å². The third-order valence-electron chi connectivity index (χ3n) is 2.89. The van der Waals surface area contributed by atoms with Crippen molar-refractivity contribution in [2.75, 3.05) is 0 Å². The van der Waals surface area contributed by atoms with Crippen molar-refractivity contribution in [3.8, 4) is 11.5 Å². The second-order valence-corrected chi connectivity index (χ2v) is 5.58. The summed E-state index contributed by atoms with van der Waals surface area (Å²) in [4.78, 5) is 14.4. The zero-order valence-electron chi connectivity index (χ0n) is 11.2. The van der Waals surface area contributed by atoms with E-state index in [0.717, 1.165) is 11.3 Å². The first-order chi connectivity index (χ1) is 10.2. The third kappa shape index (κ3) is 3.12. The number of rotatable bonds is 3. The first-order valence-corrected chi connectivity index (χ1v) is 7.26. The molecule has 3 rings (SSSR count). The molecule has 2 aromatic carbocycles. The first kappa shape index (κ1) is 13.4. The molecule has 0 amide bonds. The molecule has 0 atom stereocenters. The van der Waals surface area contributed by atoms with E-state index in [1.807, 2.05) is 60.7 Å². The number of hydrogen-bond donors (Lipinski definition) is 1. The Morgan fingerprint density at radius 1 is 1.05 bits per heavy atom. The van der Waals surface area contributed by atoms with Gasteiger partial charge in [-0.1, -0.05) is 43.0 Å². The van der Waals surface area contributed by atoms with Crippen molar-refractivity contribution >= 4 is 24.0 Å². The van der Waals surface area contributed by atoms with Crippen molar-refractivity contribution in [2.45, 2.75) is 0 Å². The lowest BCUT2D eigenvalue weighted by molar-refractivity contribution is 0.481. The van der Waals surface area contributed by atoms with Crippen LogP contribution in [-0.2, 0) is 0 Å². The van der Waals surface area contributed by atoms with E-state index in [2.05, 4.69) is 11.6 Å². The minimum atomic E-state index is -0.125. The number of aromatic amines is 1. The molecule has 0 saturated heterocycles. The molecule has 21 heavy (non-hydrogen) atoms. The Kier molecular flexibility index (Phi) is 3.71. The number of benzene rings is 2. The number of H-pyrrole nitrogens is 1. The zero-order valence-corrected chi connectivity index (χ0v) is 12.0. The van der Waals surface area contributed by atoms with Gasteiger partial charge in [-0.15, -0.1) is 11.3 Å². The van der Waals surface area contributed by atoms with Crippen LogP contribution in [0.15, 0.2) is 59.4 Å². The van der Waals surface area contributed by atoms with Gasteiger partial charge in [0, 0.05) is 5.56 Å². The topological polar surface area (TPSA) is 42.1 Å². The van der Waals surface area contributed by atoms with E-state index >= 15 is 0 Å². The van der Waals surface area contributed by atoms with Crippen LogP contribution in [-0.4, -0.2) is 4.98 Å². The molecule has 104 valence electrons. The predicted molar refractivity (Wildman–Crippen MR) is 86.2 cm³/mol. The van der Waals surface area contributed by atoms with Crippen molar-refractivity contribution in [1.82, 2.24) is 4.98 Å². The summed E-state index contributed by atoms with van der Waals surface area (Å²) in [6.07, 6.45) is 1.82. The highest BCUT2D eigenvalue weighted by atomic mass is 32.1. The minimum Gasteiger partial charge on any atom is -0.457 e. The molecule has 1 heterocycles. The van der Waals surface area contributed by atoms with Crippen LogP contribution < -0.4 is 19.5 Å². The SMILES string of the molecule is C=c1[nH]c(=O)/c(=C/c2ccccc2Oc2ccccc2)s1. The van der Waals surface area contributed by atoms with E-state index in [0.29, 0.717) is 14.9 Å². The van der Waals surface area contributed by atoms with Crippen LogP contribution in [0, 0.1) is 0 Å². The maximum absolute atomic E-state index is 11.8. The summed E-state index contributed by atoms with van der Waals surface area (Å²) < 4.78 is 7.13. The molecule has 4 heteroatoms. The maximum Gasteiger partial charge on any atom is 0.266 e. The highest BCUT2D eigenvalue weighted by molar-refractivity contribution is 7.07. The summed E-state index contributed by atoms with van der Waals surface area (Å²) in [5.41, 5.74) is 0.730. The Morgan fingerprint density at radius 2 is 1.76 bits per heavy atom. The number of para-hydroxylation sites is 2. The smallest absolute Gasteiger partial charge is 0.266 e. The molecule has 0 bridgehead atoms. The van der Waals surface area contributed by atoms with Gasteiger partial charge in [-0.2, -0.15) is 0 Å². The third-order valence-corrected chi connectivity index (χ3v) is 3.76. The largest absolute Gasteiger partial charge is 0.457 e. The number of hydrogen-bond acceptors (Lipinski definition) is 3. The second-order valence-electron chi connectivity index (χ2n) is 4.44. The van der Waals surface area contributed by atoms with Gasteiger partial charge in [0.1, 0.15) is 11.5 Å². The van der Waals surface area contributed by atoms with Crippen molar-refractivity contribution in [3.63, 3.8) is 0 Å². The molecule has 0 saturated carbocycles. The summed E-state index contributed by atoms with van der Waals surface area (Å²) in [6.45, 7) is 3.75. The first-order valence-electron chi connectivity index (χ1n) is 6.44. The van der Waals surface area contributed by atoms with Gasteiger partial charge in [0.15, 0.2) is 0 Å². The van der Waals surface area contributed by atoms with Gasteiger partial charge < -0.3 is 9.72 Å². The Bertz CT molecular complexity index is 910. The summed E-state index contributed by atoms with van der Waals surface area (Å²) in [6, 6.07) is 17.2. The molecule has 0 aliphatic carbocycles. The van der Waals surface area contributed by atoms with Crippen molar-refractivity contribution in [3.05, 3.63) is 79.7 Å².